The molecule has 1 saturated heterocycles. The van der Waals surface area contributed by atoms with Gasteiger partial charge in [0.15, 0.2) is 0 Å². The van der Waals surface area contributed by atoms with Gasteiger partial charge in [0, 0.05) is 41.7 Å². The van der Waals surface area contributed by atoms with E-state index in [9.17, 15) is 0 Å². The Labute approximate surface area is 150 Å². The van der Waals surface area contributed by atoms with Crippen LogP contribution < -0.4 is 10.1 Å². The quantitative estimate of drug-likeness (QED) is 0.843. The van der Waals surface area contributed by atoms with Crippen LogP contribution in [0.5, 0.6) is 5.75 Å². The molecular weight excluding hydrogens is 314 g/mol. The van der Waals surface area contributed by atoms with Crippen molar-refractivity contribution < 1.29 is 9.47 Å². The summed E-state index contributed by atoms with van der Waals surface area (Å²) in [6.07, 6.45) is 3.04. The van der Waals surface area contributed by atoms with Crippen LogP contribution in [0, 0.1) is 6.92 Å². The van der Waals surface area contributed by atoms with Crippen LogP contribution in [0.2, 0.25) is 0 Å². The van der Waals surface area contributed by atoms with Crippen LogP contribution in [-0.2, 0) is 23.2 Å². The van der Waals surface area contributed by atoms with Crippen LogP contribution in [-0.4, -0.2) is 29.5 Å². The highest BCUT2D eigenvalue weighted by Gasteiger charge is 2.20. The maximum absolute atomic E-state index is 6.17. The van der Waals surface area contributed by atoms with Gasteiger partial charge in [-0.2, -0.15) is 5.10 Å². The molecule has 0 spiro atoms. The number of hydrogen-bond donors (Lipinski definition) is 2. The van der Waals surface area contributed by atoms with E-state index < -0.39 is 0 Å². The molecule has 2 aromatic rings. The molecule has 0 aliphatic carbocycles. The van der Waals surface area contributed by atoms with Crippen molar-refractivity contribution in [2.24, 2.45) is 0 Å². The average Bonchev–Trinajstić information content (AvgIpc) is 3.20. The Hall–Kier alpha value is -1.85. The van der Waals surface area contributed by atoms with Crippen molar-refractivity contribution in [2.45, 2.75) is 58.7 Å². The highest BCUT2D eigenvalue weighted by atomic mass is 16.5. The lowest BCUT2D eigenvalue weighted by Gasteiger charge is -2.19. The van der Waals surface area contributed by atoms with Gasteiger partial charge in [-0.05, 0) is 18.6 Å². The summed E-state index contributed by atoms with van der Waals surface area (Å²) in [5, 5.41) is 10.9. The highest BCUT2D eigenvalue weighted by Crippen LogP contribution is 2.25. The molecule has 5 nitrogen and oxygen atoms in total. The Bertz CT molecular complexity index is 697. The van der Waals surface area contributed by atoms with E-state index in [4.69, 9.17) is 9.47 Å². The van der Waals surface area contributed by atoms with Gasteiger partial charge in [-0.25, -0.2) is 0 Å². The zero-order valence-corrected chi connectivity index (χ0v) is 15.7. The number of H-pyrrole nitrogens is 1. The van der Waals surface area contributed by atoms with Crippen molar-refractivity contribution >= 4 is 0 Å². The second kappa shape index (κ2) is 7.58. The highest BCUT2D eigenvalue weighted by molar-refractivity contribution is 5.37. The SMILES string of the molecule is Cc1ccc(CNCc2cn[nH]c2C(C)(C)C)c(OC2CCOC2)c1. The van der Waals surface area contributed by atoms with Gasteiger partial charge in [0.25, 0.3) is 0 Å². The largest absolute Gasteiger partial charge is 0.488 e. The Balaban J connectivity index is 1.64. The van der Waals surface area contributed by atoms with Gasteiger partial charge in [-0.1, -0.05) is 32.9 Å². The summed E-state index contributed by atoms with van der Waals surface area (Å²) in [7, 11) is 0. The third-order valence-electron chi connectivity index (χ3n) is 4.50. The molecule has 1 aliphatic rings. The van der Waals surface area contributed by atoms with E-state index >= 15 is 0 Å². The molecule has 0 bridgehead atoms. The molecule has 1 atom stereocenters. The van der Waals surface area contributed by atoms with Gasteiger partial charge < -0.3 is 14.8 Å². The van der Waals surface area contributed by atoms with E-state index in [1.807, 2.05) is 6.20 Å². The molecule has 1 fully saturated rings. The monoisotopic (exact) mass is 343 g/mol. The third kappa shape index (κ3) is 4.61. The first-order chi connectivity index (χ1) is 11.9. The maximum atomic E-state index is 6.17. The van der Waals surface area contributed by atoms with Crippen LogP contribution in [0.25, 0.3) is 0 Å². The number of aromatic amines is 1. The van der Waals surface area contributed by atoms with Crippen LogP contribution in [0.4, 0.5) is 0 Å². The van der Waals surface area contributed by atoms with Crippen molar-refractivity contribution in [1.82, 2.24) is 15.5 Å². The summed E-state index contributed by atoms with van der Waals surface area (Å²) in [5.74, 6) is 0.964. The second-order valence-electron chi connectivity index (χ2n) is 7.84. The van der Waals surface area contributed by atoms with E-state index in [1.165, 1.54) is 22.4 Å². The number of aryl methyl sites for hydroxylation is 1. The van der Waals surface area contributed by atoms with Crippen molar-refractivity contribution in [3.8, 4) is 5.75 Å². The molecule has 1 aromatic heterocycles. The van der Waals surface area contributed by atoms with Gasteiger partial charge in [0.05, 0.1) is 19.4 Å². The van der Waals surface area contributed by atoms with Crippen LogP contribution in [0.15, 0.2) is 24.4 Å². The van der Waals surface area contributed by atoms with Crippen LogP contribution >= 0.6 is 0 Å². The summed E-state index contributed by atoms with van der Waals surface area (Å²) in [6.45, 7) is 11.7. The molecule has 0 amide bonds. The van der Waals surface area contributed by atoms with Crippen LogP contribution in [0.1, 0.15) is 49.6 Å². The number of nitrogens with one attached hydrogen (secondary N) is 2. The summed E-state index contributed by atoms with van der Waals surface area (Å²) < 4.78 is 11.6. The van der Waals surface area contributed by atoms with E-state index in [1.54, 1.807) is 0 Å². The fourth-order valence-electron chi connectivity index (χ4n) is 3.13. The van der Waals surface area contributed by atoms with Gasteiger partial charge in [-0.15, -0.1) is 0 Å². The number of rotatable bonds is 6. The van der Waals surface area contributed by atoms with Crippen LogP contribution in [0.3, 0.4) is 0 Å². The lowest BCUT2D eigenvalue weighted by Crippen LogP contribution is -2.20. The van der Waals surface area contributed by atoms with Crippen molar-refractivity contribution in [3.05, 3.63) is 46.8 Å². The first kappa shape index (κ1) is 18.0. The van der Waals surface area contributed by atoms with E-state index in [2.05, 4.69) is 61.4 Å². The molecule has 2 heterocycles. The molecule has 5 heteroatoms. The Morgan fingerprint density at radius 2 is 2.08 bits per heavy atom. The Morgan fingerprint density at radius 1 is 1.28 bits per heavy atom. The number of ether oxygens (including phenoxy) is 2. The maximum Gasteiger partial charge on any atom is 0.124 e. The third-order valence-corrected chi connectivity index (χ3v) is 4.50. The molecule has 0 radical (unpaired) electrons. The first-order valence-electron chi connectivity index (χ1n) is 9.01. The summed E-state index contributed by atoms with van der Waals surface area (Å²) in [4.78, 5) is 0. The smallest absolute Gasteiger partial charge is 0.124 e. The predicted octanol–water partition coefficient (Wildman–Crippen LogP) is 3.47. The molecular formula is C20H29N3O2. The molecule has 1 aromatic carbocycles. The van der Waals surface area contributed by atoms with E-state index in [0.717, 1.165) is 31.9 Å². The predicted molar refractivity (Wildman–Crippen MR) is 98.9 cm³/mol. The topological polar surface area (TPSA) is 59.2 Å². The minimum atomic E-state index is 0.0636. The average molecular weight is 343 g/mol. The molecule has 2 N–H and O–H groups in total. The standard InChI is InChI=1S/C20H29N3O2/c1-14-5-6-15(18(9-14)25-17-7-8-24-13-17)10-21-11-16-12-22-23-19(16)20(2,3)4/h5-6,9,12,17,21H,7-8,10-11,13H2,1-4H3,(H,22,23). The van der Waals surface area contributed by atoms with Crippen molar-refractivity contribution in [1.29, 1.82) is 0 Å². The van der Waals surface area contributed by atoms with Gasteiger partial charge in [0.1, 0.15) is 11.9 Å². The molecule has 1 aliphatic heterocycles. The van der Waals surface area contributed by atoms with Crippen molar-refractivity contribution in [3.63, 3.8) is 0 Å². The lowest BCUT2D eigenvalue weighted by molar-refractivity contribution is 0.140. The number of benzene rings is 1. The van der Waals surface area contributed by atoms with E-state index in [-0.39, 0.29) is 11.5 Å². The van der Waals surface area contributed by atoms with E-state index in [0.29, 0.717) is 6.61 Å². The Morgan fingerprint density at radius 3 is 2.80 bits per heavy atom. The molecule has 136 valence electrons. The minimum absolute atomic E-state index is 0.0636. The molecule has 25 heavy (non-hydrogen) atoms. The summed E-state index contributed by atoms with van der Waals surface area (Å²) in [5.41, 5.74) is 4.85. The van der Waals surface area contributed by atoms with Crippen molar-refractivity contribution in [2.75, 3.05) is 13.2 Å². The van der Waals surface area contributed by atoms with Gasteiger partial charge in [0.2, 0.25) is 0 Å². The summed E-state index contributed by atoms with van der Waals surface area (Å²) >= 11 is 0. The molecule has 1 unspecified atom stereocenters. The lowest BCUT2D eigenvalue weighted by atomic mass is 9.89. The summed E-state index contributed by atoms with van der Waals surface area (Å²) in [6, 6.07) is 6.40. The van der Waals surface area contributed by atoms with Gasteiger partial charge in [-0.3, -0.25) is 5.10 Å². The fourth-order valence-corrected chi connectivity index (χ4v) is 3.13. The zero-order chi connectivity index (χ0) is 17.9. The zero-order valence-electron chi connectivity index (χ0n) is 15.7. The molecule has 0 saturated carbocycles. The minimum Gasteiger partial charge on any atom is -0.488 e. The first-order valence-corrected chi connectivity index (χ1v) is 9.01. The number of nitrogens with zero attached hydrogens (tertiary/aromatic N) is 1. The second-order valence-corrected chi connectivity index (χ2v) is 7.84. The van der Waals surface area contributed by atoms with Gasteiger partial charge >= 0.3 is 0 Å². The number of aromatic nitrogens is 2. The normalized spacial score (nSPS) is 17.8. The Kier molecular flexibility index (Phi) is 5.45. The fraction of sp³-hybridized carbons (Fsp3) is 0.550. The number of hydrogen-bond acceptors (Lipinski definition) is 4. The molecule has 3 rings (SSSR count).